The third-order valence-corrected chi connectivity index (χ3v) is 7.05. The molecule has 0 unspecified atom stereocenters. The quantitative estimate of drug-likeness (QED) is 0.445. The molecule has 0 atom stereocenters. The van der Waals surface area contributed by atoms with E-state index in [-0.39, 0.29) is 12.5 Å². The second-order valence-corrected chi connectivity index (χ2v) is 9.39. The molecule has 36 heavy (non-hydrogen) atoms. The van der Waals surface area contributed by atoms with Gasteiger partial charge in [-0.1, -0.05) is 54.7 Å². The summed E-state index contributed by atoms with van der Waals surface area (Å²) in [7, 11) is 1.59. The molecular weight excluding hydrogens is 470 g/mol. The normalized spacial score (nSPS) is 13.8. The Morgan fingerprint density at radius 3 is 2.42 bits per heavy atom. The van der Waals surface area contributed by atoms with Crippen LogP contribution in [0.5, 0.6) is 11.5 Å². The molecule has 3 aromatic rings. The fourth-order valence-corrected chi connectivity index (χ4v) is 4.58. The lowest BCUT2D eigenvalue weighted by molar-refractivity contribution is -0.118. The SMILES string of the molecule is COc1cc(C(=S)N2CCN(Cc3ccccc3)CC2)ccc1OCC(=O)Nc1cccc(C)c1C. The topological polar surface area (TPSA) is 54.0 Å². The van der Waals surface area contributed by atoms with E-state index in [9.17, 15) is 4.79 Å². The maximum Gasteiger partial charge on any atom is 0.262 e. The number of amides is 1. The zero-order valence-electron chi connectivity index (χ0n) is 21.1. The Balaban J connectivity index is 1.32. The Hall–Kier alpha value is -3.42. The number of nitrogens with zero attached hydrogens (tertiary/aromatic N) is 2. The molecule has 0 radical (unpaired) electrons. The molecule has 0 bridgehead atoms. The summed E-state index contributed by atoms with van der Waals surface area (Å²) >= 11 is 5.81. The molecule has 6 nitrogen and oxygen atoms in total. The van der Waals surface area contributed by atoms with E-state index in [4.69, 9.17) is 21.7 Å². The Kier molecular flexibility index (Phi) is 8.57. The summed E-state index contributed by atoms with van der Waals surface area (Å²) in [6, 6.07) is 22.0. The highest BCUT2D eigenvalue weighted by molar-refractivity contribution is 7.80. The van der Waals surface area contributed by atoms with Gasteiger partial charge in [-0.15, -0.1) is 0 Å². The second kappa shape index (κ2) is 12.0. The van der Waals surface area contributed by atoms with Gasteiger partial charge in [0.1, 0.15) is 4.99 Å². The fourth-order valence-electron chi connectivity index (χ4n) is 4.27. The van der Waals surface area contributed by atoms with Crippen molar-refractivity contribution in [3.05, 3.63) is 89.0 Å². The molecule has 1 fully saturated rings. The van der Waals surface area contributed by atoms with E-state index in [0.29, 0.717) is 11.5 Å². The maximum atomic E-state index is 12.5. The van der Waals surface area contributed by atoms with Crippen molar-refractivity contribution in [2.75, 3.05) is 45.2 Å². The molecule has 1 heterocycles. The zero-order chi connectivity index (χ0) is 25.5. The van der Waals surface area contributed by atoms with E-state index < -0.39 is 0 Å². The average molecular weight is 504 g/mol. The van der Waals surface area contributed by atoms with Crippen LogP contribution < -0.4 is 14.8 Å². The van der Waals surface area contributed by atoms with Crippen LogP contribution in [0.25, 0.3) is 0 Å². The Morgan fingerprint density at radius 1 is 0.944 bits per heavy atom. The van der Waals surface area contributed by atoms with E-state index in [0.717, 1.165) is 60.1 Å². The van der Waals surface area contributed by atoms with Crippen LogP contribution in [0.2, 0.25) is 0 Å². The van der Waals surface area contributed by atoms with Crippen molar-refractivity contribution in [3.8, 4) is 11.5 Å². The molecule has 1 saturated heterocycles. The predicted molar refractivity (Wildman–Crippen MR) is 148 cm³/mol. The zero-order valence-corrected chi connectivity index (χ0v) is 21.9. The van der Waals surface area contributed by atoms with E-state index in [1.54, 1.807) is 7.11 Å². The highest BCUT2D eigenvalue weighted by atomic mass is 32.1. The number of anilines is 1. The van der Waals surface area contributed by atoms with Crippen LogP contribution in [-0.4, -0.2) is 60.6 Å². The van der Waals surface area contributed by atoms with Crippen LogP contribution in [0.3, 0.4) is 0 Å². The van der Waals surface area contributed by atoms with Gasteiger partial charge in [0.15, 0.2) is 18.1 Å². The van der Waals surface area contributed by atoms with Crippen molar-refractivity contribution in [1.29, 1.82) is 0 Å². The van der Waals surface area contributed by atoms with E-state index >= 15 is 0 Å². The van der Waals surface area contributed by atoms with Gasteiger partial charge in [0, 0.05) is 44.0 Å². The van der Waals surface area contributed by atoms with Gasteiger partial charge in [-0.2, -0.15) is 0 Å². The standard InChI is InChI=1S/C29H33N3O3S/c1-21-8-7-11-25(22(21)2)30-28(33)20-35-26-13-12-24(18-27(26)34-3)29(36)32-16-14-31(15-17-32)19-23-9-5-4-6-10-23/h4-13,18H,14-17,19-20H2,1-3H3,(H,30,33). The van der Waals surface area contributed by atoms with Crippen LogP contribution >= 0.6 is 12.2 Å². The molecule has 188 valence electrons. The Bertz CT molecular complexity index is 1210. The van der Waals surface area contributed by atoms with Gasteiger partial charge < -0.3 is 19.7 Å². The van der Waals surface area contributed by atoms with Gasteiger partial charge in [0.25, 0.3) is 5.91 Å². The van der Waals surface area contributed by atoms with Crippen LogP contribution in [-0.2, 0) is 11.3 Å². The first-order valence-electron chi connectivity index (χ1n) is 12.2. The lowest BCUT2D eigenvalue weighted by Gasteiger charge is -2.36. The molecule has 0 aliphatic carbocycles. The molecule has 7 heteroatoms. The second-order valence-electron chi connectivity index (χ2n) is 9.00. The fraction of sp³-hybridized carbons (Fsp3) is 0.310. The minimum absolute atomic E-state index is 0.114. The first kappa shape index (κ1) is 25.7. The minimum atomic E-state index is -0.223. The first-order chi connectivity index (χ1) is 17.4. The van der Waals surface area contributed by atoms with Crippen LogP contribution in [0, 0.1) is 13.8 Å². The number of carbonyl (C=O) groups is 1. The molecule has 1 aliphatic heterocycles. The maximum absolute atomic E-state index is 12.5. The summed E-state index contributed by atoms with van der Waals surface area (Å²) in [6.45, 7) is 8.53. The summed E-state index contributed by atoms with van der Waals surface area (Å²) in [4.78, 5) is 18.0. The number of thiocarbonyl (C=S) groups is 1. The number of aryl methyl sites for hydroxylation is 1. The average Bonchev–Trinajstić information content (AvgIpc) is 2.90. The van der Waals surface area contributed by atoms with Crippen molar-refractivity contribution in [2.24, 2.45) is 0 Å². The third kappa shape index (κ3) is 6.42. The highest BCUT2D eigenvalue weighted by Gasteiger charge is 2.21. The number of ether oxygens (including phenoxy) is 2. The van der Waals surface area contributed by atoms with Gasteiger partial charge in [-0.3, -0.25) is 9.69 Å². The minimum Gasteiger partial charge on any atom is -0.493 e. The van der Waals surface area contributed by atoms with Gasteiger partial charge in [-0.05, 0) is 54.8 Å². The summed E-state index contributed by atoms with van der Waals surface area (Å²) in [5, 5.41) is 2.91. The number of methoxy groups -OCH3 is 1. The third-order valence-electron chi connectivity index (χ3n) is 6.56. The molecule has 0 aromatic heterocycles. The largest absolute Gasteiger partial charge is 0.493 e. The number of rotatable bonds is 8. The Labute approximate surface area is 218 Å². The van der Waals surface area contributed by atoms with Gasteiger partial charge in [0.05, 0.1) is 7.11 Å². The summed E-state index contributed by atoms with van der Waals surface area (Å²) in [6.07, 6.45) is 0. The van der Waals surface area contributed by atoms with Crippen molar-refractivity contribution in [2.45, 2.75) is 20.4 Å². The van der Waals surface area contributed by atoms with Gasteiger partial charge >= 0.3 is 0 Å². The predicted octanol–water partition coefficient (Wildman–Crippen LogP) is 4.82. The van der Waals surface area contributed by atoms with Crippen LogP contribution in [0.15, 0.2) is 66.7 Å². The highest BCUT2D eigenvalue weighted by Crippen LogP contribution is 2.29. The van der Waals surface area contributed by atoms with E-state index in [1.807, 2.05) is 56.3 Å². The lowest BCUT2D eigenvalue weighted by atomic mass is 10.1. The number of hydrogen-bond donors (Lipinski definition) is 1. The van der Waals surface area contributed by atoms with Crippen molar-refractivity contribution >= 4 is 28.8 Å². The monoisotopic (exact) mass is 503 g/mol. The van der Waals surface area contributed by atoms with Crippen LogP contribution in [0.4, 0.5) is 5.69 Å². The number of hydrogen-bond acceptors (Lipinski definition) is 5. The van der Waals surface area contributed by atoms with Crippen molar-refractivity contribution in [1.82, 2.24) is 9.80 Å². The molecule has 1 aliphatic rings. The number of benzene rings is 3. The van der Waals surface area contributed by atoms with E-state index in [1.165, 1.54) is 5.56 Å². The summed E-state index contributed by atoms with van der Waals surface area (Å²) < 4.78 is 11.3. The smallest absolute Gasteiger partial charge is 0.262 e. The number of carbonyl (C=O) groups excluding carboxylic acids is 1. The van der Waals surface area contributed by atoms with E-state index in [2.05, 4.69) is 39.4 Å². The molecule has 3 aromatic carbocycles. The molecule has 0 saturated carbocycles. The van der Waals surface area contributed by atoms with Gasteiger partial charge in [0.2, 0.25) is 0 Å². The van der Waals surface area contributed by atoms with Crippen molar-refractivity contribution in [3.63, 3.8) is 0 Å². The van der Waals surface area contributed by atoms with Gasteiger partial charge in [-0.25, -0.2) is 0 Å². The first-order valence-corrected chi connectivity index (χ1v) is 12.6. The molecule has 1 N–H and O–H groups in total. The molecule has 4 rings (SSSR count). The molecule has 0 spiro atoms. The van der Waals surface area contributed by atoms with Crippen LogP contribution in [0.1, 0.15) is 22.3 Å². The number of nitrogens with one attached hydrogen (secondary N) is 1. The summed E-state index contributed by atoms with van der Waals surface area (Å²) in [5.74, 6) is 0.837. The van der Waals surface area contributed by atoms with Crippen molar-refractivity contribution < 1.29 is 14.3 Å². The lowest BCUT2D eigenvalue weighted by Crippen LogP contribution is -2.48. The molecular formula is C29H33N3O3S. The Morgan fingerprint density at radius 2 is 1.69 bits per heavy atom. The summed E-state index contributed by atoms with van der Waals surface area (Å²) in [5.41, 5.74) is 5.20. The number of piperazine rings is 1. The molecule has 1 amide bonds.